The molecule has 0 fully saturated rings. The quantitative estimate of drug-likeness (QED) is 0.777. The molecule has 0 saturated carbocycles. The van der Waals surface area contributed by atoms with Crippen molar-refractivity contribution in [2.75, 3.05) is 0 Å². The molecule has 0 amide bonds. The molecule has 1 heterocycles. The van der Waals surface area contributed by atoms with Gasteiger partial charge in [0.05, 0.1) is 24.5 Å². The number of benzene rings is 1. The molecule has 0 aliphatic rings. The maximum Gasteiger partial charge on any atom is 0.253 e. The van der Waals surface area contributed by atoms with Crippen molar-refractivity contribution in [3.05, 3.63) is 63.8 Å². The Labute approximate surface area is 98.8 Å². The minimum absolute atomic E-state index is 0.0677. The first-order chi connectivity index (χ1) is 8.19. The smallest absolute Gasteiger partial charge is 0.253 e. The van der Waals surface area contributed by atoms with Crippen LogP contribution in [0.2, 0.25) is 0 Å². The predicted molar refractivity (Wildman–Crippen MR) is 63.5 cm³/mol. The van der Waals surface area contributed by atoms with E-state index in [1.807, 2.05) is 12.1 Å². The van der Waals surface area contributed by atoms with E-state index in [1.54, 1.807) is 19.1 Å². The Morgan fingerprint density at radius 1 is 1.35 bits per heavy atom. The Hall–Kier alpha value is -2.41. The van der Waals surface area contributed by atoms with Crippen LogP contribution in [0.3, 0.4) is 0 Å². The first kappa shape index (κ1) is 11.1. The number of aryl methyl sites for hydroxylation is 1. The molecule has 0 aliphatic carbocycles. The molecular formula is C13H11N3O. The van der Waals surface area contributed by atoms with Crippen LogP contribution in [-0.2, 0) is 6.54 Å². The van der Waals surface area contributed by atoms with Crippen LogP contribution in [-0.4, -0.2) is 9.55 Å². The molecule has 0 saturated heterocycles. The first-order valence-electron chi connectivity index (χ1n) is 5.21. The molecule has 0 N–H and O–H groups in total. The molecule has 0 bridgehead atoms. The van der Waals surface area contributed by atoms with Gasteiger partial charge in [0, 0.05) is 11.8 Å². The lowest BCUT2D eigenvalue weighted by Crippen LogP contribution is -2.20. The average molecular weight is 225 g/mol. The third kappa shape index (κ3) is 2.58. The van der Waals surface area contributed by atoms with E-state index in [2.05, 4.69) is 11.1 Å². The molecule has 1 aromatic heterocycles. The van der Waals surface area contributed by atoms with Gasteiger partial charge >= 0.3 is 0 Å². The summed E-state index contributed by atoms with van der Waals surface area (Å²) < 4.78 is 1.54. The van der Waals surface area contributed by atoms with Gasteiger partial charge in [-0.3, -0.25) is 9.36 Å². The van der Waals surface area contributed by atoms with E-state index in [-0.39, 0.29) is 5.56 Å². The van der Waals surface area contributed by atoms with Crippen LogP contribution in [0.15, 0.2) is 41.5 Å². The van der Waals surface area contributed by atoms with Gasteiger partial charge in [0.15, 0.2) is 0 Å². The zero-order chi connectivity index (χ0) is 12.3. The van der Waals surface area contributed by atoms with Crippen LogP contribution in [0.25, 0.3) is 0 Å². The summed E-state index contributed by atoms with van der Waals surface area (Å²) in [6.07, 6.45) is 1.54. The number of hydrogen-bond donors (Lipinski definition) is 0. The van der Waals surface area contributed by atoms with Crippen molar-refractivity contribution >= 4 is 0 Å². The van der Waals surface area contributed by atoms with E-state index in [0.717, 1.165) is 5.56 Å². The minimum atomic E-state index is -0.0677. The fourth-order valence-corrected chi connectivity index (χ4v) is 1.52. The van der Waals surface area contributed by atoms with Crippen molar-refractivity contribution in [2.24, 2.45) is 0 Å². The van der Waals surface area contributed by atoms with Crippen LogP contribution >= 0.6 is 0 Å². The summed E-state index contributed by atoms with van der Waals surface area (Å²) in [5.41, 5.74) is 2.23. The SMILES string of the molecule is Cc1cc(=O)n(Cc2ccc(C#N)cc2)cn1. The Morgan fingerprint density at radius 2 is 2.06 bits per heavy atom. The fourth-order valence-electron chi connectivity index (χ4n) is 1.52. The normalized spacial score (nSPS) is 9.88. The van der Waals surface area contributed by atoms with Gasteiger partial charge in [-0.15, -0.1) is 0 Å². The van der Waals surface area contributed by atoms with E-state index in [0.29, 0.717) is 17.8 Å². The molecular weight excluding hydrogens is 214 g/mol. The number of nitrogens with zero attached hydrogens (tertiary/aromatic N) is 3. The van der Waals surface area contributed by atoms with Gasteiger partial charge in [0.1, 0.15) is 0 Å². The second-order valence-electron chi connectivity index (χ2n) is 3.81. The van der Waals surface area contributed by atoms with Gasteiger partial charge in [-0.05, 0) is 24.6 Å². The average Bonchev–Trinajstić information content (AvgIpc) is 2.34. The summed E-state index contributed by atoms with van der Waals surface area (Å²) in [6.45, 7) is 2.26. The largest absolute Gasteiger partial charge is 0.295 e. The molecule has 1 aromatic carbocycles. The summed E-state index contributed by atoms with van der Waals surface area (Å²) in [6, 6.07) is 10.7. The Bertz CT molecular complexity index is 620. The van der Waals surface area contributed by atoms with E-state index in [1.165, 1.54) is 17.0 Å². The summed E-state index contributed by atoms with van der Waals surface area (Å²) >= 11 is 0. The molecule has 0 aliphatic heterocycles. The van der Waals surface area contributed by atoms with E-state index >= 15 is 0 Å². The molecule has 84 valence electrons. The molecule has 4 heteroatoms. The van der Waals surface area contributed by atoms with Gasteiger partial charge in [-0.1, -0.05) is 12.1 Å². The third-order valence-electron chi connectivity index (χ3n) is 2.45. The zero-order valence-corrected chi connectivity index (χ0v) is 9.42. The number of rotatable bonds is 2. The van der Waals surface area contributed by atoms with Crippen molar-refractivity contribution in [3.8, 4) is 6.07 Å². The highest BCUT2D eigenvalue weighted by atomic mass is 16.1. The topological polar surface area (TPSA) is 58.7 Å². The van der Waals surface area contributed by atoms with Gasteiger partial charge in [0.25, 0.3) is 5.56 Å². The maximum atomic E-state index is 11.6. The van der Waals surface area contributed by atoms with Gasteiger partial charge < -0.3 is 0 Å². The van der Waals surface area contributed by atoms with Crippen LogP contribution < -0.4 is 5.56 Å². The lowest BCUT2D eigenvalue weighted by atomic mass is 10.1. The van der Waals surface area contributed by atoms with E-state index in [9.17, 15) is 4.79 Å². The van der Waals surface area contributed by atoms with Crippen molar-refractivity contribution in [1.82, 2.24) is 9.55 Å². The minimum Gasteiger partial charge on any atom is -0.295 e. The maximum absolute atomic E-state index is 11.6. The van der Waals surface area contributed by atoms with Crippen LogP contribution in [0, 0.1) is 18.3 Å². The number of aromatic nitrogens is 2. The van der Waals surface area contributed by atoms with Gasteiger partial charge in [0.2, 0.25) is 0 Å². The Morgan fingerprint density at radius 3 is 2.65 bits per heavy atom. The molecule has 0 atom stereocenters. The fraction of sp³-hybridized carbons (Fsp3) is 0.154. The molecule has 0 radical (unpaired) electrons. The Kier molecular flexibility index (Phi) is 3.01. The van der Waals surface area contributed by atoms with Crippen molar-refractivity contribution in [1.29, 1.82) is 5.26 Å². The van der Waals surface area contributed by atoms with Crippen molar-refractivity contribution in [3.63, 3.8) is 0 Å². The lowest BCUT2D eigenvalue weighted by Gasteiger charge is -2.05. The second-order valence-corrected chi connectivity index (χ2v) is 3.81. The van der Waals surface area contributed by atoms with Crippen molar-refractivity contribution in [2.45, 2.75) is 13.5 Å². The predicted octanol–water partition coefficient (Wildman–Crippen LogP) is 1.47. The molecule has 0 unspecified atom stereocenters. The van der Waals surface area contributed by atoms with Gasteiger partial charge in [-0.25, -0.2) is 4.98 Å². The van der Waals surface area contributed by atoms with Crippen LogP contribution in [0.4, 0.5) is 0 Å². The van der Waals surface area contributed by atoms with Crippen LogP contribution in [0.1, 0.15) is 16.8 Å². The summed E-state index contributed by atoms with van der Waals surface area (Å²) in [7, 11) is 0. The van der Waals surface area contributed by atoms with Crippen molar-refractivity contribution < 1.29 is 0 Å². The Balaban J connectivity index is 2.26. The molecule has 17 heavy (non-hydrogen) atoms. The van der Waals surface area contributed by atoms with Gasteiger partial charge in [-0.2, -0.15) is 5.26 Å². The summed E-state index contributed by atoms with van der Waals surface area (Å²) in [5, 5.41) is 8.68. The highest BCUT2D eigenvalue weighted by molar-refractivity contribution is 5.31. The highest BCUT2D eigenvalue weighted by Gasteiger charge is 1.99. The van der Waals surface area contributed by atoms with Crippen LogP contribution in [0.5, 0.6) is 0 Å². The third-order valence-corrected chi connectivity index (χ3v) is 2.45. The molecule has 0 spiro atoms. The monoisotopic (exact) mass is 225 g/mol. The number of nitriles is 1. The summed E-state index contributed by atoms with van der Waals surface area (Å²) in [4.78, 5) is 15.7. The number of hydrogen-bond acceptors (Lipinski definition) is 3. The lowest BCUT2D eigenvalue weighted by molar-refractivity contribution is 0.730. The zero-order valence-electron chi connectivity index (χ0n) is 9.42. The van der Waals surface area contributed by atoms with E-state index in [4.69, 9.17) is 5.26 Å². The highest BCUT2D eigenvalue weighted by Crippen LogP contribution is 2.04. The first-order valence-corrected chi connectivity index (χ1v) is 5.21. The molecule has 2 rings (SSSR count). The summed E-state index contributed by atoms with van der Waals surface area (Å²) in [5.74, 6) is 0. The molecule has 2 aromatic rings. The van der Waals surface area contributed by atoms with E-state index < -0.39 is 0 Å². The second kappa shape index (κ2) is 4.62. The molecule has 4 nitrogen and oxygen atoms in total. The standard InChI is InChI=1S/C13H11N3O/c1-10-6-13(17)16(9-15-10)8-12-4-2-11(7-14)3-5-12/h2-6,9H,8H2,1H3.